The van der Waals surface area contributed by atoms with E-state index in [1.807, 2.05) is 0 Å². The van der Waals surface area contributed by atoms with E-state index in [9.17, 15) is 8.42 Å². The fraction of sp³-hybridized carbons (Fsp3) is 1.00. The van der Waals surface area contributed by atoms with Gasteiger partial charge in [-0.2, -0.15) is 0 Å². The molecule has 1 aliphatic rings. The summed E-state index contributed by atoms with van der Waals surface area (Å²) >= 11 is 0. The van der Waals surface area contributed by atoms with Gasteiger partial charge < -0.3 is 4.74 Å². The lowest BCUT2D eigenvalue weighted by atomic mass is 9.99. The van der Waals surface area contributed by atoms with Crippen molar-refractivity contribution in [2.45, 2.75) is 31.9 Å². The van der Waals surface area contributed by atoms with Crippen LogP contribution in [0, 0.1) is 5.92 Å². The van der Waals surface area contributed by atoms with Crippen molar-refractivity contribution in [1.29, 1.82) is 0 Å². The van der Waals surface area contributed by atoms with Gasteiger partial charge in [0.05, 0.1) is 5.25 Å². The summed E-state index contributed by atoms with van der Waals surface area (Å²) in [6.45, 7) is 5.51. The van der Waals surface area contributed by atoms with E-state index >= 15 is 0 Å². The monoisotopic (exact) mass is 235 g/mol. The number of rotatable bonds is 4. The number of hydrogen-bond acceptors (Lipinski definition) is 3. The minimum Gasteiger partial charge on any atom is -0.384 e. The maximum atomic E-state index is 11.8. The maximum Gasteiger partial charge on any atom is 0.216 e. The van der Waals surface area contributed by atoms with Crippen LogP contribution in [0.4, 0.5) is 0 Å². The Bertz CT molecular complexity index is 279. The Morgan fingerprint density at radius 2 is 1.87 bits per heavy atom. The van der Waals surface area contributed by atoms with Gasteiger partial charge in [0.2, 0.25) is 10.0 Å². The van der Waals surface area contributed by atoms with Crippen molar-refractivity contribution in [2.75, 3.05) is 26.8 Å². The van der Waals surface area contributed by atoms with E-state index in [2.05, 4.69) is 0 Å². The maximum absolute atomic E-state index is 11.8. The first kappa shape index (κ1) is 12.9. The molecule has 15 heavy (non-hydrogen) atoms. The molecule has 0 aromatic heterocycles. The molecule has 0 aliphatic carbocycles. The third-order valence-corrected chi connectivity index (χ3v) is 5.21. The molecule has 0 aromatic carbocycles. The van der Waals surface area contributed by atoms with E-state index in [4.69, 9.17) is 4.74 Å². The summed E-state index contributed by atoms with van der Waals surface area (Å²) < 4.78 is 30.4. The molecule has 0 atom stereocenters. The van der Waals surface area contributed by atoms with Crippen LogP contribution in [0.5, 0.6) is 0 Å². The number of nitrogens with zero attached hydrogens (tertiary/aromatic N) is 1. The molecule has 0 unspecified atom stereocenters. The van der Waals surface area contributed by atoms with Gasteiger partial charge in [0.25, 0.3) is 0 Å². The van der Waals surface area contributed by atoms with Crippen LogP contribution < -0.4 is 0 Å². The van der Waals surface area contributed by atoms with E-state index in [1.54, 1.807) is 25.3 Å². The summed E-state index contributed by atoms with van der Waals surface area (Å²) in [7, 11) is -1.35. The Morgan fingerprint density at radius 3 is 2.27 bits per heavy atom. The van der Waals surface area contributed by atoms with Crippen LogP contribution in [0.15, 0.2) is 0 Å². The highest BCUT2D eigenvalue weighted by Crippen LogP contribution is 2.21. The third kappa shape index (κ3) is 3.16. The molecule has 1 heterocycles. The first-order valence-electron chi connectivity index (χ1n) is 5.46. The van der Waals surface area contributed by atoms with Crippen LogP contribution in [0.2, 0.25) is 0 Å². The Kier molecular flexibility index (Phi) is 4.55. The third-order valence-electron chi connectivity index (χ3n) is 2.93. The lowest BCUT2D eigenvalue weighted by molar-refractivity contribution is 0.121. The molecule has 0 amide bonds. The zero-order valence-electron chi connectivity index (χ0n) is 9.77. The molecule has 1 fully saturated rings. The quantitative estimate of drug-likeness (QED) is 0.732. The molecule has 1 rings (SSSR count). The molecule has 0 radical (unpaired) electrons. The minimum atomic E-state index is -3.05. The molecule has 0 spiro atoms. The van der Waals surface area contributed by atoms with Gasteiger partial charge in [0.1, 0.15) is 0 Å². The van der Waals surface area contributed by atoms with Crippen LogP contribution in [0.25, 0.3) is 0 Å². The van der Waals surface area contributed by atoms with Crippen molar-refractivity contribution in [3.8, 4) is 0 Å². The van der Waals surface area contributed by atoms with E-state index in [0.717, 1.165) is 19.4 Å². The van der Waals surface area contributed by atoms with Crippen LogP contribution in [0.1, 0.15) is 26.7 Å². The van der Waals surface area contributed by atoms with E-state index in [0.29, 0.717) is 19.0 Å². The second-order valence-electron chi connectivity index (χ2n) is 4.39. The number of sulfonamides is 1. The summed E-state index contributed by atoms with van der Waals surface area (Å²) in [6, 6.07) is 0. The molecule has 5 heteroatoms. The highest BCUT2D eigenvalue weighted by Gasteiger charge is 2.29. The molecule has 0 N–H and O–H groups in total. The van der Waals surface area contributed by atoms with Crippen LogP contribution in [-0.2, 0) is 14.8 Å². The van der Waals surface area contributed by atoms with Gasteiger partial charge in [-0.3, -0.25) is 0 Å². The van der Waals surface area contributed by atoms with Gasteiger partial charge in [-0.15, -0.1) is 0 Å². The highest BCUT2D eigenvalue weighted by atomic mass is 32.2. The van der Waals surface area contributed by atoms with E-state index in [-0.39, 0.29) is 5.25 Å². The standard InChI is InChI=1S/C10H21NO3S/c1-9(2)15(12,13)11-6-4-10(5-7-11)8-14-3/h9-10H,4-8H2,1-3H3. The average molecular weight is 235 g/mol. The zero-order chi connectivity index (χ0) is 11.5. The first-order valence-corrected chi connectivity index (χ1v) is 6.96. The van der Waals surface area contributed by atoms with E-state index < -0.39 is 10.0 Å². The zero-order valence-corrected chi connectivity index (χ0v) is 10.6. The topological polar surface area (TPSA) is 46.6 Å². The Balaban J connectivity index is 2.51. The average Bonchev–Trinajstić information content (AvgIpc) is 2.19. The fourth-order valence-electron chi connectivity index (χ4n) is 1.86. The van der Waals surface area contributed by atoms with Crippen molar-refractivity contribution in [3.63, 3.8) is 0 Å². The minimum absolute atomic E-state index is 0.309. The molecule has 1 saturated heterocycles. The van der Waals surface area contributed by atoms with Gasteiger partial charge in [-0.05, 0) is 32.6 Å². The molecule has 1 aliphatic heterocycles. The summed E-state index contributed by atoms with van der Waals surface area (Å²) in [5.41, 5.74) is 0. The highest BCUT2D eigenvalue weighted by molar-refractivity contribution is 7.89. The smallest absolute Gasteiger partial charge is 0.216 e. The van der Waals surface area contributed by atoms with Gasteiger partial charge in [-0.25, -0.2) is 12.7 Å². The van der Waals surface area contributed by atoms with Crippen molar-refractivity contribution in [3.05, 3.63) is 0 Å². The van der Waals surface area contributed by atoms with Gasteiger partial charge in [-0.1, -0.05) is 0 Å². The number of ether oxygens (including phenoxy) is 1. The van der Waals surface area contributed by atoms with Gasteiger partial charge in [0, 0.05) is 26.8 Å². The molecule has 90 valence electrons. The molecule has 4 nitrogen and oxygen atoms in total. The summed E-state index contributed by atoms with van der Waals surface area (Å²) in [5.74, 6) is 0.522. The Labute approximate surface area is 92.7 Å². The summed E-state index contributed by atoms with van der Waals surface area (Å²) in [4.78, 5) is 0. The fourth-order valence-corrected chi connectivity index (χ4v) is 3.18. The predicted molar refractivity (Wildman–Crippen MR) is 60.2 cm³/mol. The van der Waals surface area contributed by atoms with Crippen molar-refractivity contribution in [2.24, 2.45) is 5.92 Å². The van der Waals surface area contributed by atoms with Crippen molar-refractivity contribution in [1.82, 2.24) is 4.31 Å². The number of hydrogen-bond donors (Lipinski definition) is 0. The van der Waals surface area contributed by atoms with E-state index in [1.165, 1.54) is 0 Å². The van der Waals surface area contributed by atoms with Gasteiger partial charge >= 0.3 is 0 Å². The SMILES string of the molecule is COCC1CCN(S(=O)(=O)C(C)C)CC1. The van der Waals surface area contributed by atoms with Crippen LogP contribution in [0.3, 0.4) is 0 Å². The molecule has 0 saturated carbocycles. The second kappa shape index (κ2) is 5.27. The largest absolute Gasteiger partial charge is 0.384 e. The molecular weight excluding hydrogens is 214 g/mol. The van der Waals surface area contributed by atoms with Crippen LogP contribution >= 0.6 is 0 Å². The van der Waals surface area contributed by atoms with Crippen molar-refractivity contribution < 1.29 is 13.2 Å². The van der Waals surface area contributed by atoms with Crippen LogP contribution in [-0.4, -0.2) is 44.8 Å². The molecule has 0 aromatic rings. The Hall–Kier alpha value is -0.130. The lowest BCUT2D eigenvalue weighted by Gasteiger charge is -2.31. The van der Waals surface area contributed by atoms with Crippen molar-refractivity contribution >= 4 is 10.0 Å². The summed E-state index contributed by atoms with van der Waals surface area (Å²) in [5, 5.41) is -0.309. The Morgan fingerprint density at radius 1 is 1.33 bits per heavy atom. The molecular formula is C10H21NO3S. The number of piperidine rings is 1. The van der Waals surface area contributed by atoms with Gasteiger partial charge in [0.15, 0.2) is 0 Å². The molecule has 0 bridgehead atoms. The predicted octanol–water partition coefficient (Wildman–Crippen LogP) is 1.08. The normalized spacial score (nSPS) is 21.1. The number of methoxy groups -OCH3 is 1. The summed E-state index contributed by atoms with van der Waals surface area (Å²) in [6.07, 6.45) is 1.83. The second-order valence-corrected chi connectivity index (χ2v) is 6.88. The lowest BCUT2D eigenvalue weighted by Crippen LogP contribution is -2.42. The first-order chi connectivity index (χ1) is 6.98.